The van der Waals surface area contributed by atoms with E-state index in [1.807, 2.05) is 0 Å². The van der Waals surface area contributed by atoms with Crippen molar-refractivity contribution in [2.24, 2.45) is 0 Å². The summed E-state index contributed by atoms with van der Waals surface area (Å²) < 4.78 is 21.9. The van der Waals surface area contributed by atoms with Crippen LogP contribution in [-0.4, -0.2) is 25.3 Å². The molecule has 3 aromatic rings. The number of hydrogen-bond acceptors (Lipinski definition) is 6. The van der Waals surface area contributed by atoms with Gasteiger partial charge in [-0.15, -0.1) is 0 Å². The van der Waals surface area contributed by atoms with Crippen LogP contribution in [0.2, 0.25) is 0 Å². The molecule has 6 nitrogen and oxygen atoms in total. The van der Waals surface area contributed by atoms with Gasteiger partial charge in [-0.3, -0.25) is 4.79 Å². The van der Waals surface area contributed by atoms with Crippen LogP contribution in [0.1, 0.15) is 6.92 Å². The van der Waals surface area contributed by atoms with Gasteiger partial charge in [0.1, 0.15) is 17.8 Å². The summed E-state index contributed by atoms with van der Waals surface area (Å²) in [5.41, 5.74) is 0.741. The lowest BCUT2D eigenvalue weighted by molar-refractivity contribution is -0.153. The molecule has 6 heteroatoms. The summed E-state index contributed by atoms with van der Waals surface area (Å²) in [5, 5.41) is 0.914. The third kappa shape index (κ3) is 2.27. The molecular formula is C18H14O6. The third-order valence-electron chi connectivity index (χ3n) is 3.85. The van der Waals surface area contributed by atoms with E-state index in [-0.39, 0.29) is 18.6 Å². The Labute approximate surface area is 136 Å². The Morgan fingerprint density at radius 2 is 2.00 bits per heavy atom. The van der Waals surface area contributed by atoms with Crippen molar-refractivity contribution in [3.8, 4) is 11.5 Å². The van der Waals surface area contributed by atoms with Gasteiger partial charge in [0.15, 0.2) is 11.5 Å². The molecule has 0 aliphatic carbocycles. The second-order valence-electron chi connectivity index (χ2n) is 5.39. The van der Waals surface area contributed by atoms with Gasteiger partial charge in [0.25, 0.3) is 0 Å². The molecule has 0 bridgehead atoms. The minimum atomic E-state index is -0.831. The maximum atomic E-state index is 12.6. The standard InChI is InChI=1S/C18H14O6/c1-2-21-18(20)16-9-22-14-7-11-13(8-15(14)24-16)23-12-6-4-3-5-10(12)17(11)19/h3-8,16H,2,9H2,1H3. The van der Waals surface area contributed by atoms with Crippen LogP contribution in [0.5, 0.6) is 11.5 Å². The van der Waals surface area contributed by atoms with Gasteiger partial charge in [-0.05, 0) is 25.1 Å². The van der Waals surface area contributed by atoms with Gasteiger partial charge in [-0.2, -0.15) is 0 Å². The molecule has 0 saturated carbocycles. The molecule has 0 spiro atoms. The van der Waals surface area contributed by atoms with E-state index in [1.165, 1.54) is 0 Å². The molecule has 2 heterocycles. The smallest absolute Gasteiger partial charge is 0.350 e. The van der Waals surface area contributed by atoms with Crippen LogP contribution in [0.15, 0.2) is 45.6 Å². The van der Waals surface area contributed by atoms with E-state index in [9.17, 15) is 9.59 Å². The molecular weight excluding hydrogens is 312 g/mol. The molecule has 24 heavy (non-hydrogen) atoms. The van der Waals surface area contributed by atoms with Gasteiger partial charge in [0.2, 0.25) is 11.5 Å². The number of para-hydroxylation sites is 1. The summed E-state index contributed by atoms with van der Waals surface area (Å²) >= 11 is 0. The lowest BCUT2D eigenvalue weighted by atomic mass is 10.1. The van der Waals surface area contributed by atoms with Crippen LogP contribution >= 0.6 is 0 Å². The van der Waals surface area contributed by atoms with Gasteiger partial charge < -0.3 is 18.6 Å². The Kier molecular flexibility index (Phi) is 3.37. The number of rotatable bonds is 2. The molecule has 0 saturated heterocycles. The predicted octanol–water partition coefficient (Wildman–Crippen LogP) is 2.65. The first-order chi connectivity index (χ1) is 11.7. The van der Waals surface area contributed by atoms with Crippen LogP contribution in [0.3, 0.4) is 0 Å². The van der Waals surface area contributed by atoms with Crippen LogP contribution in [0.4, 0.5) is 0 Å². The van der Waals surface area contributed by atoms with Crippen LogP contribution in [0, 0.1) is 0 Å². The van der Waals surface area contributed by atoms with Crippen molar-refractivity contribution in [3.05, 3.63) is 46.6 Å². The van der Waals surface area contributed by atoms with Crippen molar-refractivity contribution in [2.45, 2.75) is 13.0 Å². The fourth-order valence-corrected chi connectivity index (χ4v) is 2.72. The average Bonchev–Trinajstić information content (AvgIpc) is 2.60. The summed E-state index contributed by atoms with van der Waals surface area (Å²) in [7, 11) is 0. The van der Waals surface area contributed by atoms with E-state index in [4.69, 9.17) is 18.6 Å². The molecule has 2 aromatic carbocycles. The molecule has 4 rings (SSSR count). The molecule has 1 aliphatic heterocycles. The monoisotopic (exact) mass is 326 g/mol. The number of hydrogen-bond donors (Lipinski definition) is 0. The van der Waals surface area contributed by atoms with Crippen LogP contribution < -0.4 is 14.9 Å². The van der Waals surface area contributed by atoms with E-state index in [0.29, 0.717) is 33.4 Å². The highest BCUT2D eigenvalue weighted by molar-refractivity contribution is 5.91. The van der Waals surface area contributed by atoms with E-state index >= 15 is 0 Å². The van der Waals surface area contributed by atoms with Gasteiger partial charge in [0.05, 0.1) is 17.4 Å². The fourth-order valence-electron chi connectivity index (χ4n) is 2.72. The van der Waals surface area contributed by atoms with Crippen molar-refractivity contribution >= 4 is 27.9 Å². The Balaban J connectivity index is 1.83. The highest BCUT2D eigenvalue weighted by atomic mass is 16.6. The lowest BCUT2D eigenvalue weighted by Crippen LogP contribution is -2.37. The Morgan fingerprint density at radius 3 is 2.83 bits per heavy atom. The average molecular weight is 326 g/mol. The normalized spacial score (nSPS) is 16.3. The molecule has 1 atom stereocenters. The van der Waals surface area contributed by atoms with Crippen molar-refractivity contribution in [1.82, 2.24) is 0 Å². The highest BCUT2D eigenvalue weighted by Gasteiger charge is 2.29. The van der Waals surface area contributed by atoms with Gasteiger partial charge in [-0.1, -0.05) is 12.1 Å². The van der Waals surface area contributed by atoms with Gasteiger partial charge in [0, 0.05) is 6.07 Å². The van der Waals surface area contributed by atoms with Gasteiger partial charge >= 0.3 is 5.97 Å². The zero-order valence-corrected chi connectivity index (χ0v) is 12.9. The van der Waals surface area contributed by atoms with Crippen LogP contribution in [-0.2, 0) is 9.53 Å². The Hall–Kier alpha value is -3.02. The van der Waals surface area contributed by atoms with Crippen molar-refractivity contribution in [1.29, 1.82) is 0 Å². The molecule has 1 aliphatic rings. The van der Waals surface area contributed by atoms with E-state index in [1.54, 1.807) is 43.3 Å². The van der Waals surface area contributed by atoms with Gasteiger partial charge in [-0.25, -0.2) is 4.79 Å². The molecule has 0 radical (unpaired) electrons. The Bertz CT molecular complexity index is 1000. The molecule has 1 aromatic heterocycles. The topological polar surface area (TPSA) is 75.0 Å². The first-order valence-electron chi connectivity index (χ1n) is 7.63. The number of fused-ring (bicyclic) bond motifs is 3. The van der Waals surface area contributed by atoms with Crippen molar-refractivity contribution in [2.75, 3.05) is 13.2 Å². The summed E-state index contributed by atoms with van der Waals surface area (Å²) in [6.45, 7) is 2.03. The third-order valence-corrected chi connectivity index (χ3v) is 3.85. The number of esters is 1. The maximum Gasteiger partial charge on any atom is 0.350 e. The first kappa shape index (κ1) is 14.6. The molecule has 122 valence electrons. The largest absolute Gasteiger partial charge is 0.485 e. The SMILES string of the molecule is CCOC(=O)C1COc2cc3c(=O)c4ccccc4oc3cc2O1. The minimum Gasteiger partial charge on any atom is -0.485 e. The van der Waals surface area contributed by atoms with E-state index in [0.717, 1.165) is 0 Å². The van der Waals surface area contributed by atoms with Crippen molar-refractivity contribution in [3.63, 3.8) is 0 Å². The number of ether oxygens (including phenoxy) is 3. The summed E-state index contributed by atoms with van der Waals surface area (Å²) in [6.07, 6.45) is -0.831. The summed E-state index contributed by atoms with van der Waals surface area (Å²) in [6, 6.07) is 10.2. The highest BCUT2D eigenvalue weighted by Crippen LogP contribution is 2.36. The second-order valence-corrected chi connectivity index (χ2v) is 5.39. The zero-order valence-electron chi connectivity index (χ0n) is 12.9. The Morgan fingerprint density at radius 1 is 1.17 bits per heavy atom. The lowest BCUT2D eigenvalue weighted by Gasteiger charge is -2.25. The second kappa shape index (κ2) is 5.56. The number of carbonyl (C=O) groups excluding carboxylic acids is 1. The van der Waals surface area contributed by atoms with E-state index in [2.05, 4.69) is 0 Å². The number of carbonyl (C=O) groups is 1. The predicted molar refractivity (Wildman–Crippen MR) is 86.5 cm³/mol. The quantitative estimate of drug-likeness (QED) is 0.532. The molecule has 0 N–H and O–H groups in total. The van der Waals surface area contributed by atoms with Crippen LogP contribution in [0.25, 0.3) is 21.9 Å². The zero-order chi connectivity index (χ0) is 16.7. The first-order valence-corrected chi connectivity index (χ1v) is 7.63. The van der Waals surface area contributed by atoms with Crippen molar-refractivity contribution < 1.29 is 23.4 Å². The minimum absolute atomic E-state index is 0.0380. The molecule has 1 unspecified atom stereocenters. The maximum absolute atomic E-state index is 12.6. The van der Waals surface area contributed by atoms with E-state index < -0.39 is 12.1 Å². The molecule has 0 fully saturated rings. The number of benzene rings is 2. The summed E-state index contributed by atoms with van der Waals surface area (Å²) in [4.78, 5) is 24.4. The fraction of sp³-hybridized carbons (Fsp3) is 0.222. The molecule has 0 amide bonds. The summed E-state index contributed by atoms with van der Waals surface area (Å²) in [5.74, 6) is 0.277.